The third-order valence-electron chi connectivity index (χ3n) is 4.48. The standard InChI is InChI=1S/C19H29N3O3/c1-3-15-7-5-8-16(4-2)17(15)21-19(24)18(23)20-9-6-10-22-11-13-25-14-12-22/h5,7-8H,3-4,6,9-14H2,1-2H3,(H,20,23)(H,21,24). The molecule has 1 aliphatic heterocycles. The first kappa shape index (κ1) is 19.4. The SMILES string of the molecule is CCc1cccc(CC)c1NC(=O)C(=O)NCCCN1CCOCC1. The molecular formula is C19H29N3O3. The number of ether oxygens (including phenoxy) is 1. The van der Waals surface area contributed by atoms with Crippen molar-refractivity contribution in [1.29, 1.82) is 0 Å². The highest BCUT2D eigenvalue weighted by Crippen LogP contribution is 2.22. The van der Waals surface area contributed by atoms with E-state index < -0.39 is 11.8 Å². The van der Waals surface area contributed by atoms with Gasteiger partial charge in [-0.3, -0.25) is 14.5 Å². The van der Waals surface area contributed by atoms with Crippen molar-refractivity contribution in [1.82, 2.24) is 10.2 Å². The van der Waals surface area contributed by atoms with Gasteiger partial charge in [0.25, 0.3) is 0 Å². The van der Waals surface area contributed by atoms with Crippen LogP contribution in [0.15, 0.2) is 18.2 Å². The zero-order chi connectivity index (χ0) is 18.1. The van der Waals surface area contributed by atoms with Crippen LogP contribution in [0.2, 0.25) is 0 Å². The van der Waals surface area contributed by atoms with Crippen molar-refractivity contribution < 1.29 is 14.3 Å². The molecule has 25 heavy (non-hydrogen) atoms. The molecule has 1 heterocycles. The summed E-state index contributed by atoms with van der Waals surface area (Å²) in [4.78, 5) is 26.5. The molecular weight excluding hydrogens is 318 g/mol. The van der Waals surface area contributed by atoms with Crippen LogP contribution in [0.3, 0.4) is 0 Å². The van der Waals surface area contributed by atoms with Crippen LogP contribution >= 0.6 is 0 Å². The van der Waals surface area contributed by atoms with Crippen molar-refractivity contribution in [3.8, 4) is 0 Å². The summed E-state index contributed by atoms with van der Waals surface area (Å²) in [6.07, 6.45) is 2.44. The Morgan fingerprint density at radius 3 is 2.32 bits per heavy atom. The Bertz CT molecular complexity index is 561. The monoisotopic (exact) mass is 347 g/mol. The maximum absolute atomic E-state index is 12.2. The lowest BCUT2D eigenvalue weighted by Crippen LogP contribution is -2.40. The molecule has 1 saturated heterocycles. The van der Waals surface area contributed by atoms with Crippen LogP contribution in [0.25, 0.3) is 0 Å². The third-order valence-corrected chi connectivity index (χ3v) is 4.48. The molecule has 0 unspecified atom stereocenters. The van der Waals surface area contributed by atoms with E-state index in [9.17, 15) is 9.59 Å². The summed E-state index contributed by atoms with van der Waals surface area (Å²) in [5.74, 6) is -1.17. The van der Waals surface area contributed by atoms with Crippen LogP contribution in [0.1, 0.15) is 31.4 Å². The van der Waals surface area contributed by atoms with Gasteiger partial charge in [-0.15, -0.1) is 0 Å². The van der Waals surface area contributed by atoms with E-state index in [1.54, 1.807) is 0 Å². The fraction of sp³-hybridized carbons (Fsp3) is 0.579. The number of para-hydroxylation sites is 1. The van der Waals surface area contributed by atoms with E-state index in [4.69, 9.17) is 4.74 Å². The number of hydrogen-bond acceptors (Lipinski definition) is 4. The summed E-state index contributed by atoms with van der Waals surface area (Å²) in [5, 5.41) is 5.50. The number of rotatable bonds is 7. The van der Waals surface area contributed by atoms with Gasteiger partial charge in [0.05, 0.1) is 13.2 Å². The minimum absolute atomic E-state index is 0.500. The number of nitrogens with one attached hydrogen (secondary N) is 2. The Kier molecular flexibility index (Phi) is 7.88. The Balaban J connectivity index is 1.79. The minimum atomic E-state index is -0.595. The van der Waals surface area contributed by atoms with Crippen molar-refractivity contribution in [3.63, 3.8) is 0 Å². The highest BCUT2D eigenvalue weighted by molar-refractivity contribution is 6.39. The molecule has 138 valence electrons. The van der Waals surface area contributed by atoms with E-state index >= 15 is 0 Å². The van der Waals surface area contributed by atoms with Gasteiger partial charge in [0, 0.05) is 25.3 Å². The number of anilines is 1. The third kappa shape index (κ3) is 5.83. The molecule has 0 spiro atoms. The largest absolute Gasteiger partial charge is 0.379 e. The summed E-state index contributed by atoms with van der Waals surface area (Å²) in [7, 11) is 0. The van der Waals surface area contributed by atoms with Gasteiger partial charge in [-0.25, -0.2) is 0 Å². The Morgan fingerprint density at radius 2 is 1.72 bits per heavy atom. The average molecular weight is 347 g/mol. The summed E-state index contributed by atoms with van der Waals surface area (Å²) >= 11 is 0. The molecule has 2 rings (SSSR count). The molecule has 0 aliphatic carbocycles. The maximum Gasteiger partial charge on any atom is 0.313 e. The molecule has 0 aromatic heterocycles. The molecule has 0 saturated carbocycles. The van der Waals surface area contributed by atoms with Gasteiger partial charge in [-0.2, -0.15) is 0 Å². The van der Waals surface area contributed by atoms with Gasteiger partial charge in [0.2, 0.25) is 0 Å². The molecule has 0 bridgehead atoms. The molecule has 0 radical (unpaired) electrons. The van der Waals surface area contributed by atoms with E-state index in [2.05, 4.69) is 15.5 Å². The van der Waals surface area contributed by atoms with Gasteiger partial charge >= 0.3 is 11.8 Å². The lowest BCUT2D eigenvalue weighted by molar-refractivity contribution is -0.136. The fourth-order valence-corrected chi connectivity index (χ4v) is 2.98. The number of nitrogens with zero attached hydrogens (tertiary/aromatic N) is 1. The number of hydrogen-bond donors (Lipinski definition) is 2. The number of amides is 2. The van der Waals surface area contributed by atoms with E-state index in [0.717, 1.165) is 68.9 Å². The molecule has 0 atom stereocenters. The van der Waals surface area contributed by atoms with Gasteiger partial charge in [0.15, 0.2) is 0 Å². The predicted octanol–water partition coefficient (Wildman–Crippen LogP) is 1.59. The van der Waals surface area contributed by atoms with Crippen molar-refractivity contribution in [2.75, 3.05) is 44.7 Å². The lowest BCUT2D eigenvalue weighted by Gasteiger charge is -2.26. The van der Waals surface area contributed by atoms with E-state index in [1.165, 1.54) is 0 Å². The molecule has 1 fully saturated rings. The number of carbonyl (C=O) groups excluding carboxylic acids is 2. The van der Waals surface area contributed by atoms with E-state index in [0.29, 0.717) is 6.54 Å². The topological polar surface area (TPSA) is 70.7 Å². The normalized spacial score (nSPS) is 15.0. The Morgan fingerprint density at radius 1 is 1.08 bits per heavy atom. The second kappa shape index (κ2) is 10.2. The van der Waals surface area contributed by atoms with E-state index in [-0.39, 0.29) is 0 Å². The molecule has 6 heteroatoms. The molecule has 1 aromatic rings. The zero-order valence-electron chi connectivity index (χ0n) is 15.3. The van der Waals surface area contributed by atoms with Crippen LogP contribution < -0.4 is 10.6 Å². The van der Waals surface area contributed by atoms with Crippen molar-refractivity contribution in [3.05, 3.63) is 29.3 Å². The van der Waals surface area contributed by atoms with E-state index in [1.807, 2.05) is 32.0 Å². The second-order valence-corrected chi connectivity index (χ2v) is 6.18. The average Bonchev–Trinajstić information content (AvgIpc) is 2.65. The predicted molar refractivity (Wildman–Crippen MR) is 98.7 cm³/mol. The number of carbonyl (C=O) groups is 2. The summed E-state index contributed by atoms with van der Waals surface area (Å²) < 4.78 is 5.31. The Labute approximate surface area is 149 Å². The first-order valence-electron chi connectivity index (χ1n) is 9.15. The van der Waals surface area contributed by atoms with Crippen LogP contribution in [-0.2, 0) is 27.2 Å². The highest BCUT2D eigenvalue weighted by Gasteiger charge is 2.17. The van der Waals surface area contributed by atoms with Crippen molar-refractivity contribution >= 4 is 17.5 Å². The summed E-state index contributed by atoms with van der Waals surface area (Å²) in [5.41, 5.74) is 2.88. The molecule has 2 amide bonds. The minimum Gasteiger partial charge on any atom is -0.379 e. The number of aryl methyl sites for hydroxylation is 2. The summed E-state index contributed by atoms with van der Waals surface area (Å²) in [6.45, 7) is 8.89. The Hall–Kier alpha value is -1.92. The first-order valence-corrected chi connectivity index (χ1v) is 9.15. The van der Waals surface area contributed by atoms with Gasteiger partial charge < -0.3 is 15.4 Å². The molecule has 6 nitrogen and oxygen atoms in total. The second-order valence-electron chi connectivity index (χ2n) is 6.18. The van der Waals surface area contributed by atoms with Crippen LogP contribution in [0.4, 0.5) is 5.69 Å². The van der Waals surface area contributed by atoms with Crippen LogP contribution in [0.5, 0.6) is 0 Å². The maximum atomic E-state index is 12.2. The highest BCUT2D eigenvalue weighted by atomic mass is 16.5. The first-order chi connectivity index (χ1) is 12.2. The zero-order valence-corrected chi connectivity index (χ0v) is 15.3. The fourth-order valence-electron chi connectivity index (χ4n) is 2.98. The number of morpholine rings is 1. The summed E-state index contributed by atoms with van der Waals surface area (Å²) in [6, 6.07) is 5.95. The quantitative estimate of drug-likeness (QED) is 0.580. The number of benzene rings is 1. The van der Waals surface area contributed by atoms with Gasteiger partial charge in [0.1, 0.15) is 0 Å². The van der Waals surface area contributed by atoms with Gasteiger partial charge in [-0.1, -0.05) is 32.0 Å². The molecule has 1 aliphatic rings. The molecule has 1 aromatic carbocycles. The van der Waals surface area contributed by atoms with Crippen LogP contribution in [-0.4, -0.2) is 56.1 Å². The lowest BCUT2D eigenvalue weighted by atomic mass is 10.0. The van der Waals surface area contributed by atoms with Crippen molar-refractivity contribution in [2.24, 2.45) is 0 Å². The molecule has 2 N–H and O–H groups in total. The van der Waals surface area contributed by atoms with Gasteiger partial charge in [-0.05, 0) is 36.9 Å². The van der Waals surface area contributed by atoms with Crippen LogP contribution in [0, 0.1) is 0 Å². The van der Waals surface area contributed by atoms with Crippen molar-refractivity contribution in [2.45, 2.75) is 33.1 Å². The smallest absolute Gasteiger partial charge is 0.313 e.